The van der Waals surface area contributed by atoms with E-state index in [-0.39, 0.29) is 0 Å². The molecule has 1 aromatic carbocycles. The van der Waals surface area contributed by atoms with Crippen LogP contribution < -0.4 is 0 Å². The lowest BCUT2D eigenvalue weighted by molar-refractivity contribution is 0.117. The largest absolute Gasteiger partial charge is 0.377 e. The van der Waals surface area contributed by atoms with Gasteiger partial charge in [0.25, 0.3) is 0 Å². The highest BCUT2D eigenvalue weighted by Crippen LogP contribution is 2.21. The molecular weight excluding hydrogens is 234 g/mol. The molecule has 0 amide bonds. The number of unbranched alkanes of at least 4 members (excludes halogenated alkanes) is 3. The minimum absolute atomic E-state index is 0.758. The molecule has 0 spiro atoms. The van der Waals surface area contributed by atoms with E-state index in [0.717, 1.165) is 21.5 Å². The van der Waals surface area contributed by atoms with E-state index in [4.69, 9.17) is 4.74 Å². The highest BCUT2D eigenvalue weighted by Gasteiger charge is 1.92. The standard InChI is InChI=1S/C13H22OP2/c15-16-11-7-2-1-6-10-14-12-13-8-4-3-5-9-13/h3-5,8-9,16H,1-2,6-7,10-12,15H2. The number of benzene rings is 1. The van der Waals surface area contributed by atoms with Gasteiger partial charge in [-0.3, -0.25) is 0 Å². The highest BCUT2D eigenvalue weighted by molar-refractivity contribution is 8.02. The summed E-state index contributed by atoms with van der Waals surface area (Å²) in [5.41, 5.74) is 1.27. The van der Waals surface area contributed by atoms with E-state index < -0.39 is 0 Å². The quantitative estimate of drug-likeness (QED) is 0.474. The van der Waals surface area contributed by atoms with E-state index in [1.54, 1.807) is 0 Å². The predicted octanol–water partition coefficient (Wildman–Crippen LogP) is 4.23. The van der Waals surface area contributed by atoms with Crippen molar-refractivity contribution in [2.75, 3.05) is 12.8 Å². The van der Waals surface area contributed by atoms with Crippen LogP contribution in [0.4, 0.5) is 0 Å². The Balaban J connectivity index is 1.89. The van der Waals surface area contributed by atoms with Crippen LogP contribution in [0.3, 0.4) is 0 Å². The van der Waals surface area contributed by atoms with Gasteiger partial charge in [-0.2, -0.15) is 0 Å². The van der Waals surface area contributed by atoms with Gasteiger partial charge in [-0.25, -0.2) is 0 Å². The van der Waals surface area contributed by atoms with Crippen molar-refractivity contribution in [3.8, 4) is 0 Å². The zero-order chi connectivity index (χ0) is 11.5. The average molecular weight is 256 g/mol. The first-order valence-electron chi connectivity index (χ1n) is 5.98. The van der Waals surface area contributed by atoms with Gasteiger partial charge < -0.3 is 4.74 Å². The Morgan fingerprint density at radius 2 is 1.75 bits per heavy atom. The lowest BCUT2D eigenvalue weighted by Crippen LogP contribution is -1.95. The monoisotopic (exact) mass is 256 g/mol. The Kier molecular flexibility index (Phi) is 9.00. The molecule has 3 heteroatoms. The molecule has 16 heavy (non-hydrogen) atoms. The van der Waals surface area contributed by atoms with Crippen molar-refractivity contribution in [2.45, 2.75) is 32.3 Å². The van der Waals surface area contributed by atoms with Crippen molar-refractivity contribution in [1.29, 1.82) is 0 Å². The summed E-state index contributed by atoms with van der Waals surface area (Å²) in [5.74, 6) is 0. The third-order valence-electron chi connectivity index (χ3n) is 2.47. The molecule has 1 nitrogen and oxygen atoms in total. The summed E-state index contributed by atoms with van der Waals surface area (Å²) in [4.78, 5) is 0. The van der Waals surface area contributed by atoms with Crippen LogP contribution in [0.25, 0.3) is 0 Å². The maximum atomic E-state index is 5.62. The minimum atomic E-state index is 0.758. The fourth-order valence-electron chi connectivity index (χ4n) is 1.55. The normalized spacial score (nSPS) is 11.3. The van der Waals surface area contributed by atoms with Crippen LogP contribution in [-0.2, 0) is 11.3 Å². The molecule has 90 valence electrons. The zero-order valence-electron chi connectivity index (χ0n) is 9.82. The molecule has 0 heterocycles. The van der Waals surface area contributed by atoms with Gasteiger partial charge in [-0.1, -0.05) is 43.2 Å². The molecule has 0 saturated carbocycles. The molecule has 0 radical (unpaired) electrons. The van der Waals surface area contributed by atoms with Crippen molar-refractivity contribution in [3.05, 3.63) is 35.9 Å². The van der Waals surface area contributed by atoms with Gasteiger partial charge in [0.05, 0.1) is 6.61 Å². The van der Waals surface area contributed by atoms with Crippen molar-refractivity contribution >= 4 is 17.2 Å². The van der Waals surface area contributed by atoms with Gasteiger partial charge in [-0.15, -0.1) is 17.2 Å². The zero-order valence-corrected chi connectivity index (χ0v) is 12.0. The number of rotatable bonds is 9. The minimum Gasteiger partial charge on any atom is -0.377 e. The summed E-state index contributed by atoms with van der Waals surface area (Å²) >= 11 is 0. The predicted molar refractivity (Wildman–Crippen MR) is 77.5 cm³/mol. The van der Waals surface area contributed by atoms with Gasteiger partial charge in [0.15, 0.2) is 0 Å². The molecular formula is C13H22OP2. The van der Waals surface area contributed by atoms with Crippen LogP contribution in [0.2, 0.25) is 0 Å². The summed E-state index contributed by atoms with van der Waals surface area (Å²) in [6.45, 7) is 1.66. The van der Waals surface area contributed by atoms with E-state index in [0.29, 0.717) is 0 Å². The Morgan fingerprint density at radius 3 is 2.50 bits per heavy atom. The van der Waals surface area contributed by atoms with E-state index in [1.807, 2.05) is 6.07 Å². The summed E-state index contributed by atoms with van der Waals surface area (Å²) in [6.07, 6.45) is 6.61. The molecule has 0 saturated heterocycles. The van der Waals surface area contributed by atoms with Crippen LogP contribution in [0, 0.1) is 0 Å². The molecule has 0 N–H and O–H groups in total. The molecule has 1 aromatic rings. The Hall–Kier alpha value is 0.0400. The SMILES string of the molecule is PPCCCCCCOCc1ccccc1. The topological polar surface area (TPSA) is 9.23 Å². The van der Waals surface area contributed by atoms with Crippen LogP contribution in [0.15, 0.2) is 30.3 Å². The second-order valence-corrected chi connectivity index (χ2v) is 6.04. The Bertz CT molecular complexity index is 251. The average Bonchev–Trinajstić information content (AvgIpc) is 2.34. The molecule has 0 bridgehead atoms. The molecule has 2 atom stereocenters. The first-order chi connectivity index (χ1) is 7.93. The number of hydrogen-bond acceptors (Lipinski definition) is 1. The van der Waals surface area contributed by atoms with Gasteiger partial charge in [-0.05, 0) is 24.6 Å². The third kappa shape index (κ3) is 7.34. The summed E-state index contributed by atoms with van der Waals surface area (Å²) < 4.78 is 5.62. The second kappa shape index (κ2) is 10.2. The van der Waals surface area contributed by atoms with Crippen molar-refractivity contribution in [2.24, 2.45) is 0 Å². The second-order valence-electron chi connectivity index (χ2n) is 3.91. The molecule has 0 aliphatic carbocycles. The fraction of sp³-hybridized carbons (Fsp3) is 0.538. The van der Waals surface area contributed by atoms with Crippen LogP contribution in [0.5, 0.6) is 0 Å². The van der Waals surface area contributed by atoms with E-state index >= 15 is 0 Å². The Labute approximate surface area is 103 Å². The number of ether oxygens (including phenoxy) is 1. The van der Waals surface area contributed by atoms with Gasteiger partial charge in [0.1, 0.15) is 0 Å². The molecule has 0 aliphatic heterocycles. The first kappa shape index (κ1) is 14.1. The first-order valence-corrected chi connectivity index (χ1v) is 9.00. The van der Waals surface area contributed by atoms with E-state index in [2.05, 4.69) is 33.2 Å². The molecule has 0 aliphatic rings. The smallest absolute Gasteiger partial charge is 0.0716 e. The van der Waals surface area contributed by atoms with E-state index in [1.165, 1.54) is 37.4 Å². The van der Waals surface area contributed by atoms with Crippen molar-refractivity contribution in [3.63, 3.8) is 0 Å². The Morgan fingerprint density at radius 1 is 1.00 bits per heavy atom. The van der Waals surface area contributed by atoms with Crippen molar-refractivity contribution in [1.82, 2.24) is 0 Å². The lowest BCUT2D eigenvalue weighted by Gasteiger charge is -2.04. The lowest BCUT2D eigenvalue weighted by atomic mass is 10.2. The molecule has 0 fully saturated rings. The van der Waals surface area contributed by atoms with Crippen LogP contribution >= 0.6 is 17.2 Å². The molecule has 1 rings (SSSR count). The number of hydrogen-bond donors (Lipinski definition) is 0. The van der Waals surface area contributed by atoms with Gasteiger partial charge >= 0.3 is 0 Å². The molecule has 0 aromatic heterocycles. The fourth-order valence-corrected chi connectivity index (χ4v) is 2.62. The summed E-state index contributed by atoms with van der Waals surface area (Å²) in [7, 11) is 3.85. The highest BCUT2D eigenvalue weighted by atomic mass is 32.0. The van der Waals surface area contributed by atoms with Gasteiger partial charge in [0.2, 0.25) is 0 Å². The van der Waals surface area contributed by atoms with Crippen molar-refractivity contribution < 1.29 is 4.74 Å². The maximum absolute atomic E-state index is 5.62. The van der Waals surface area contributed by atoms with E-state index in [9.17, 15) is 0 Å². The summed E-state index contributed by atoms with van der Waals surface area (Å²) in [6, 6.07) is 10.4. The summed E-state index contributed by atoms with van der Waals surface area (Å²) in [5, 5.41) is 0. The molecule has 2 unspecified atom stereocenters. The van der Waals surface area contributed by atoms with Crippen LogP contribution in [-0.4, -0.2) is 12.8 Å². The third-order valence-corrected chi connectivity index (χ3v) is 3.98. The maximum Gasteiger partial charge on any atom is 0.0716 e. The van der Waals surface area contributed by atoms with Crippen LogP contribution in [0.1, 0.15) is 31.2 Å². The van der Waals surface area contributed by atoms with Gasteiger partial charge in [0, 0.05) is 6.61 Å².